The molecule has 1 unspecified atom stereocenters. The number of hydrogen-bond donors (Lipinski definition) is 1. The van der Waals surface area contributed by atoms with Gasteiger partial charge in [-0.05, 0) is 24.6 Å². The lowest BCUT2D eigenvalue weighted by Gasteiger charge is -2.15. The molecule has 2 aromatic carbocycles. The first-order valence-corrected chi connectivity index (χ1v) is 9.42. The van der Waals surface area contributed by atoms with Gasteiger partial charge >= 0.3 is 0 Å². The Morgan fingerprint density at radius 2 is 1.37 bits per heavy atom. The highest BCUT2D eigenvalue weighted by Gasteiger charge is 2.27. The first kappa shape index (κ1) is 20.8. The lowest BCUT2D eigenvalue weighted by Crippen LogP contribution is -2.29. The van der Waals surface area contributed by atoms with Gasteiger partial charge in [-0.2, -0.15) is 0 Å². The molecule has 0 saturated heterocycles. The number of amides is 1. The van der Waals surface area contributed by atoms with Crippen LogP contribution in [0.4, 0.5) is 22.0 Å². The largest absolute Gasteiger partial charge is 0.349 e. The lowest BCUT2D eigenvalue weighted by molar-refractivity contribution is -0.121. The van der Waals surface area contributed by atoms with E-state index in [2.05, 4.69) is 5.32 Å². The molecule has 1 N–H and O–H groups in total. The zero-order chi connectivity index (χ0) is 20.5. The quantitative estimate of drug-likeness (QED) is 0.470. The van der Waals surface area contributed by atoms with Crippen LogP contribution in [0.15, 0.2) is 29.2 Å². The highest BCUT2D eigenvalue weighted by Crippen LogP contribution is 2.24. The number of rotatable bonds is 5. The van der Waals surface area contributed by atoms with Gasteiger partial charge in [-0.1, -0.05) is 12.1 Å². The Hall–Kier alpha value is -2.49. The zero-order valence-corrected chi connectivity index (χ0v) is 14.9. The van der Waals surface area contributed by atoms with Gasteiger partial charge < -0.3 is 5.32 Å². The maximum absolute atomic E-state index is 13.6. The molecule has 4 nitrogen and oxygen atoms in total. The molecule has 10 heteroatoms. The van der Waals surface area contributed by atoms with Crippen LogP contribution >= 0.6 is 0 Å². The molecule has 0 heterocycles. The fraction of sp³-hybridized carbons (Fsp3) is 0.235. The highest BCUT2D eigenvalue weighted by molar-refractivity contribution is 7.90. The second-order valence-electron chi connectivity index (χ2n) is 5.86. The maximum Gasteiger partial charge on any atom is 0.225 e. The fourth-order valence-electron chi connectivity index (χ4n) is 2.35. The molecule has 146 valence electrons. The molecule has 0 spiro atoms. The Balaban J connectivity index is 2.17. The van der Waals surface area contributed by atoms with Crippen molar-refractivity contribution in [1.29, 1.82) is 0 Å². The first-order chi connectivity index (χ1) is 12.4. The normalized spacial score (nSPS) is 12.7. The summed E-state index contributed by atoms with van der Waals surface area (Å²) in [6.45, 7) is 1.51. The van der Waals surface area contributed by atoms with E-state index in [9.17, 15) is 35.2 Å². The first-order valence-electron chi connectivity index (χ1n) is 7.53. The van der Waals surface area contributed by atoms with Crippen LogP contribution in [0, 0.1) is 29.1 Å². The van der Waals surface area contributed by atoms with E-state index in [-0.39, 0.29) is 4.90 Å². The summed E-state index contributed by atoms with van der Waals surface area (Å²) in [6, 6.07) is 4.79. The summed E-state index contributed by atoms with van der Waals surface area (Å²) in [5, 5.41) is 2.35. The average Bonchev–Trinajstić information content (AvgIpc) is 2.61. The average molecular weight is 407 g/mol. The van der Waals surface area contributed by atoms with E-state index in [1.54, 1.807) is 0 Å². The number of carbonyl (C=O) groups is 1. The van der Waals surface area contributed by atoms with Crippen LogP contribution in [0.5, 0.6) is 0 Å². The summed E-state index contributed by atoms with van der Waals surface area (Å²) in [5.41, 5.74) is -0.753. The van der Waals surface area contributed by atoms with Crippen molar-refractivity contribution in [3.05, 3.63) is 64.5 Å². The minimum Gasteiger partial charge on any atom is -0.349 e. The molecular weight excluding hydrogens is 393 g/mol. The van der Waals surface area contributed by atoms with Crippen molar-refractivity contribution in [2.45, 2.75) is 24.3 Å². The lowest BCUT2D eigenvalue weighted by atomic mass is 10.1. The minimum atomic E-state index is -3.40. The third kappa shape index (κ3) is 4.44. The summed E-state index contributed by atoms with van der Waals surface area (Å²) in [4.78, 5) is 12.0. The van der Waals surface area contributed by atoms with E-state index >= 15 is 0 Å². The Morgan fingerprint density at radius 3 is 1.81 bits per heavy atom. The van der Waals surface area contributed by atoms with Gasteiger partial charge in [-0.25, -0.2) is 30.4 Å². The van der Waals surface area contributed by atoms with Gasteiger partial charge in [0.05, 0.1) is 17.4 Å². The Kier molecular flexibility index (Phi) is 5.88. The van der Waals surface area contributed by atoms with Crippen molar-refractivity contribution in [2.24, 2.45) is 0 Å². The predicted octanol–water partition coefficient (Wildman–Crippen LogP) is 3.21. The zero-order valence-electron chi connectivity index (χ0n) is 14.1. The number of nitrogens with one attached hydrogen (secondary N) is 1. The molecule has 2 aromatic rings. The Labute approximate surface area is 151 Å². The highest BCUT2D eigenvalue weighted by atomic mass is 32.2. The van der Waals surface area contributed by atoms with Gasteiger partial charge in [-0.15, -0.1) is 0 Å². The number of benzene rings is 2. The van der Waals surface area contributed by atoms with Crippen LogP contribution in [0.3, 0.4) is 0 Å². The molecule has 2 rings (SSSR count). The standard InChI is InChI=1S/C17H14F5NO3S/c1-8(9-3-5-10(6-4-9)27(2,25)26)23-12(24)7-11-13(18)15(20)17(22)16(21)14(11)19/h3-6,8H,7H2,1-2H3,(H,23,24). The number of hydrogen-bond acceptors (Lipinski definition) is 3. The second-order valence-corrected chi connectivity index (χ2v) is 7.87. The van der Waals surface area contributed by atoms with Gasteiger partial charge in [0.25, 0.3) is 0 Å². The number of carbonyl (C=O) groups excluding carboxylic acids is 1. The van der Waals surface area contributed by atoms with E-state index < -0.39 is 62.9 Å². The van der Waals surface area contributed by atoms with E-state index in [0.717, 1.165) is 6.26 Å². The third-order valence-corrected chi connectivity index (χ3v) is 4.95. The number of halogens is 5. The van der Waals surface area contributed by atoms with E-state index in [1.807, 2.05) is 0 Å². The Bertz CT molecular complexity index is 962. The molecule has 1 amide bonds. The van der Waals surface area contributed by atoms with Crippen molar-refractivity contribution < 1.29 is 35.2 Å². The van der Waals surface area contributed by atoms with Gasteiger partial charge in [0.15, 0.2) is 33.1 Å². The predicted molar refractivity (Wildman–Crippen MR) is 86.0 cm³/mol. The van der Waals surface area contributed by atoms with E-state index in [1.165, 1.54) is 31.2 Å². The molecule has 0 fully saturated rings. The van der Waals surface area contributed by atoms with Crippen molar-refractivity contribution >= 4 is 15.7 Å². The van der Waals surface area contributed by atoms with Crippen LogP contribution in [0.25, 0.3) is 0 Å². The van der Waals surface area contributed by atoms with Gasteiger partial charge in [0, 0.05) is 11.8 Å². The molecule has 0 saturated carbocycles. The second kappa shape index (κ2) is 7.63. The van der Waals surface area contributed by atoms with E-state index in [0.29, 0.717) is 5.56 Å². The van der Waals surface area contributed by atoms with Crippen molar-refractivity contribution in [1.82, 2.24) is 5.32 Å². The SMILES string of the molecule is CC(NC(=O)Cc1c(F)c(F)c(F)c(F)c1F)c1ccc(S(C)(=O)=O)cc1. The van der Waals surface area contributed by atoms with Gasteiger partial charge in [0.2, 0.25) is 11.7 Å². The molecule has 1 atom stereocenters. The van der Waals surface area contributed by atoms with E-state index in [4.69, 9.17) is 0 Å². The van der Waals surface area contributed by atoms with Crippen LogP contribution in [0.1, 0.15) is 24.1 Å². The van der Waals surface area contributed by atoms with Crippen molar-refractivity contribution in [3.63, 3.8) is 0 Å². The van der Waals surface area contributed by atoms with Crippen LogP contribution in [0.2, 0.25) is 0 Å². The smallest absolute Gasteiger partial charge is 0.225 e. The van der Waals surface area contributed by atoms with Gasteiger partial charge in [-0.3, -0.25) is 4.79 Å². The van der Waals surface area contributed by atoms with Crippen LogP contribution in [-0.2, 0) is 21.1 Å². The molecule has 27 heavy (non-hydrogen) atoms. The van der Waals surface area contributed by atoms with Gasteiger partial charge in [0.1, 0.15) is 0 Å². The molecule has 0 aliphatic heterocycles. The number of sulfone groups is 1. The summed E-state index contributed by atoms with van der Waals surface area (Å²) < 4.78 is 89.4. The van der Waals surface area contributed by atoms with Crippen molar-refractivity contribution in [3.8, 4) is 0 Å². The molecule has 0 bridgehead atoms. The maximum atomic E-state index is 13.6. The summed E-state index contributed by atoms with van der Waals surface area (Å²) >= 11 is 0. The molecular formula is C17H14F5NO3S. The third-order valence-electron chi connectivity index (χ3n) is 3.82. The fourth-order valence-corrected chi connectivity index (χ4v) is 2.98. The molecule has 0 aliphatic rings. The summed E-state index contributed by atoms with van der Waals surface area (Å²) in [5.74, 6) is -11.6. The monoisotopic (exact) mass is 407 g/mol. The van der Waals surface area contributed by atoms with Crippen LogP contribution in [-0.4, -0.2) is 20.6 Å². The summed E-state index contributed by atoms with van der Waals surface area (Å²) in [7, 11) is -3.40. The molecule has 0 aliphatic carbocycles. The topological polar surface area (TPSA) is 63.2 Å². The minimum absolute atomic E-state index is 0.0613. The molecule has 0 radical (unpaired) electrons. The summed E-state index contributed by atoms with van der Waals surface area (Å²) in [6.07, 6.45) is -0.0329. The van der Waals surface area contributed by atoms with Crippen molar-refractivity contribution in [2.75, 3.05) is 6.26 Å². The molecule has 0 aromatic heterocycles. The van der Waals surface area contributed by atoms with Crippen LogP contribution < -0.4 is 5.32 Å². The Morgan fingerprint density at radius 1 is 0.926 bits per heavy atom.